The summed E-state index contributed by atoms with van der Waals surface area (Å²) in [6.45, 7) is 7.35. The third-order valence-electron chi connectivity index (χ3n) is 5.12. The van der Waals surface area contributed by atoms with E-state index in [2.05, 4.69) is 45.0 Å². The number of aryl methyl sites for hydroxylation is 1. The predicted molar refractivity (Wildman–Crippen MR) is 130 cm³/mol. The molecule has 2 amide bonds. The summed E-state index contributed by atoms with van der Waals surface area (Å²) in [5.41, 5.74) is 0.640. The van der Waals surface area contributed by atoms with E-state index < -0.39 is 11.7 Å². The van der Waals surface area contributed by atoms with Gasteiger partial charge >= 0.3 is 6.09 Å². The van der Waals surface area contributed by atoms with E-state index in [1.807, 2.05) is 27.8 Å². The number of anilines is 1. The van der Waals surface area contributed by atoms with Gasteiger partial charge in [-0.15, -0.1) is 0 Å². The summed E-state index contributed by atoms with van der Waals surface area (Å²) in [4.78, 5) is 23.3. The van der Waals surface area contributed by atoms with Crippen LogP contribution in [0.4, 0.5) is 10.5 Å². The fourth-order valence-electron chi connectivity index (χ4n) is 3.36. The molecular formula is C25H45BrN4O3. The quantitative estimate of drug-likeness (QED) is 0.224. The Morgan fingerprint density at radius 2 is 1.36 bits per heavy atom. The average Bonchev–Trinajstić information content (AvgIpc) is 2.74. The molecule has 0 aliphatic heterocycles. The molecule has 1 aromatic heterocycles. The Hall–Kier alpha value is -1.83. The standard InChI is InChI=1S/C25H44N4O3.BrH/c1-25(2,3)32-24(31)28-18-17-27-23(30)14-12-10-8-6-5-7-9-11-13-19-29-20-15-22(26-4)16-21-29;/h15-16,20-21H,5-14,17-19H2,1-4H3,(H2,27,28,30,31);1H. The number of aromatic nitrogens is 1. The van der Waals surface area contributed by atoms with Gasteiger partial charge in [-0.1, -0.05) is 38.5 Å². The summed E-state index contributed by atoms with van der Waals surface area (Å²) >= 11 is 0. The number of carbonyl (C=O) groups excluding carboxylic acids is 2. The molecule has 0 aliphatic carbocycles. The molecule has 0 aliphatic rings. The number of hydrogen-bond donors (Lipinski definition) is 3. The number of hydrogen-bond acceptors (Lipinski definition) is 4. The number of rotatable bonds is 16. The van der Waals surface area contributed by atoms with Gasteiger partial charge in [0.05, 0.1) is 0 Å². The van der Waals surface area contributed by atoms with Gasteiger partial charge in [-0.05, 0) is 33.6 Å². The van der Waals surface area contributed by atoms with E-state index >= 15 is 0 Å². The van der Waals surface area contributed by atoms with Crippen LogP contribution in [0.15, 0.2) is 24.5 Å². The SMILES string of the molecule is CNc1cc[n+](CCCCCCCCCCCC(=O)NCCNC(=O)OC(C)(C)C)cc1.[Br-]. The van der Waals surface area contributed by atoms with Gasteiger partial charge < -0.3 is 37.7 Å². The van der Waals surface area contributed by atoms with Crippen molar-refractivity contribution in [3.8, 4) is 0 Å². The Balaban J connectivity index is 0.0000102. The Kier molecular flexibility index (Phi) is 17.6. The molecule has 1 aromatic rings. The van der Waals surface area contributed by atoms with E-state index in [1.165, 1.54) is 44.9 Å². The molecule has 33 heavy (non-hydrogen) atoms. The maximum atomic E-state index is 11.8. The third kappa shape index (κ3) is 18.3. The largest absolute Gasteiger partial charge is 1.00 e. The number of halogens is 1. The van der Waals surface area contributed by atoms with E-state index in [0.29, 0.717) is 19.5 Å². The fraction of sp³-hybridized carbons (Fsp3) is 0.720. The molecule has 8 heteroatoms. The average molecular weight is 530 g/mol. The maximum Gasteiger partial charge on any atom is 0.407 e. The van der Waals surface area contributed by atoms with Crippen molar-refractivity contribution < 1.29 is 35.9 Å². The summed E-state index contributed by atoms with van der Waals surface area (Å²) in [6.07, 6.45) is 15.2. The number of nitrogens with one attached hydrogen (secondary N) is 3. The molecule has 0 bridgehead atoms. The first kappa shape index (κ1) is 31.2. The van der Waals surface area contributed by atoms with Crippen molar-refractivity contribution >= 4 is 17.7 Å². The van der Waals surface area contributed by atoms with Crippen LogP contribution < -0.4 is 37.5 Å². The molecule has 190 valence electrons. The molecule has 0 radical (unpaired) electrons. The zero-order chi connectivity index (χ0) is 23.7. The van der Waals surface area contributed by atoms with Crippen molar-refractivity contribution in [1.82, 2.24) is 10.6 Å². The molecule has 0 spiro atoms. The van der Waals surface area contributed by atoms with Crippen molar-refractivity contribution in [2.45, 2.75) is 97.1 Å². The summed E-state index contributed by atoms with van der Waals surface area (Å²) in [5, 5.41) is 8.61. The van der Waals surface area contributed by atoms with Crippen molar-refractivity contribution in [3.05, 3.63) is 24.5 Å². The lowest BCUT2D eigenvalue weighted by atomic mass is 10.1. The number of pyridine rings is 1. The highest BCUT2D eigenvalue weighted by molar-refractivity contribution is 5.75. The van der Waals surface area contributed by atoms with Gasteiger partial charge in [0.2, 0.25) is 5.91 Å². The molecule has 3 N–H and O–H groups in total. The lowest BCUT2D eigenvalue weighted by Gasteiger charge is -2.19. The summed E-state index contributed by atoms with van der Waals surface area (Å²) in [7, 11) is 1.94. The highest BCUT2D eigenvalue weighted by Gasteiger charge is 2.15. The van der Waals surface area contributed by atoms with Crippen molar-refractivity contribution in [3.63, 3.8) is 0 Å². The number of ether oxygens (including phenoxy) is 1. The topological polar surface area (TPSA) is 83.3 Å². The first-order valence-corrected chi connectivity index (χ1v) is 12.2. The van der Waals surface area contributed by atoms with Crippen LogP contribution in [-0.4, -0.2) is 37.7 Å². The van der Waals surface area contributed by atoms with Crippen LogP contribution in [0.3, 0.4) is 0 Å². The van der Waals surface area contributed by atoms with Gasteiger partial charge in [0.15, 0.2) is 12.4 Å². The highest BCUT2D eigenvalue weighted by Crippen LogP contribution is 2.11. The third-order valence-corrected chi connectivity index (χ3v) is 5.12. The number of carbonyl (C=O) groups is 2. The number of unbranched alkanes of at least 4 members (excludes halogenated alkanes) is 8. The molecule has 0 aromatic carbocycles. The minimum atomic E-state index is -0.508. The lowest BCUT2D eigenvalue weighted by Crippen LogP contribution is -3.00. The second kappa shape index (κ2) is 18.6. The number of alkyl carbamates (subject to hydrolysis) is 1. The Morgan fingerprint density at radius 1 is 0.848 bits per heavy atom. The normalized spacial score (nSPS) is 10.8. The van der Waals surface area contributed by atoms with E-state index in [-0.39, 0.29) is 22.9 Å². The van der Waals surface area contributed by atoms with Crippen LogP contribution in [0.2, 0.25) is 0 Å². The van der Waals surface area contributed by atoms with Gasteiger partial charge in [-0.25, -0.2) is 9.36 Å². The summed E-state index contributed by atoms with van der Waals surface area (Å²) in [6, 6.07) is 4.21. The summed E-state index contributed by atoms with van der Waals surface area (Å²) < 4.78 is 7.39. The second-order valence-corrected chi connectivity index (χ2v) is 9.29. The monoisotopic (exact) mass is 528 g/mol. The van der Waals surface area contributed by atoms with E-state index in [4.69, 9.17) is 4.74 Å². The van der Waals surface area contributed by atoms with Crippen LogP contribution in [0.5, 0.6) is 0 Å². The molecule has 0 unspecified atom stereocenters. The van der Waals surface area contributed by atoms with Crippen LogP contribution >= 0.6 is 0 Å². The fourth-order valence-corrected chi connectivity index (χ4v) is 3.36. The lowest BCUT2D eigenvalue weighted by molar-refractivity contribution is -0.697. The predicted octanol–water partition coefficient (Wildman–Crippen LogP) is 1.56. The first-order chi connectivity index (χ1) is 15.3. The Bertz CT molecular complexity index is 648. The molecular weight excluding hydrogens is 484 g/mol. The van der Waals surface area contributed by atoms with Gasteiger partial charge in [0.25, 0.3) is 0 Å². The van der Waals surface area contributed by atoms with Crippen LogP contribution in [0.25, 0.3) is 0 Å². The molecule has 7 nitrogen and oxygen atoms in total. The molecule has 0 atom stereocenters. The van der Waals surface area contributed by atoms with E-state index in [1.54, 1.807) is 0 Å². The van der Waals surface area contributed by atoms with Gasteiger partial charge in [0, 0.05) is 50.8 Å². The molecule has 0 saturated carbocycles. The first-order valence-electron chi connectivity index (χ1n) is 12.2. The van der Waals surface area contributed by atoms with E-state index in [0.717, 1.165) is 25.1 Å². The minimum absolute atomic E-state index is 0. The Labute approximate surface area is 211 Å². The smallest absolute Gasteiger partial charge is 0.407 e. The summed E-state index contributed by atoms with van der Waals surface area (Å²) in [5.74, 6) is 0.0504. The maximum absolute atomic E-state index is 11.8. The van der Waals surface area contributed by atoms with Crippen molar-refractivity contribution in [2.75, 3.05) is 25.5 Å². The zero-order valence-corrected chi connectivity index (χ0v) is 22.6. The minimum Gasteiger partial charge on any atom is -1.00 e. The number of nitrogens with zero attached hydrogens (tertiary/aromatic N) is 1. The van der Waals surface area contributed by atoms with Gasteiger partial charge in [0.1, 0.15) is 12.1 Å². The van der Waals surface area contributed by atoms with Gasteiger partial charge in [-0.3, -0.25) is 4.79 Å². The van der Waals surface area contributed by atoms with Crippen LogP contribution in [-0.2, 0) is 16.1 Å². The van der Waals surface area contributed by atoms with Crippen LogP contribution in [0.1, 0.15) is 85.0 Å². The molecule has 0 fully saturated rings. The van der Waals surface area contributed by atoms with Crippen molar-refractivity contribution in [1.29, 1.82) is 0 Å². The van der Waals surface area contributed by atoms with Crippen LogP contribution in [0, 0.1) is 0 Å². The van der Waals surface area contributed by atoms with E-state index in [9.17, 15) is 9.59 Å². The molecule has 0 saturated heterocycles. The molecule has 1 heterocycles. The second-order valence-electron chi connectivity index (χ2n) is 9.29. The molecule has 1 rings (SSSR count). The van der Waals surface area contributed by atoms with Gasteiger partial charge in [-0.2, -0.15) is 0 Å². The van der Waals surface area contributed by atoms with Crippen molar-refractivity contribution in [2.24, 2.45) is 0 Å². The highest BCUT2D eigenvalue weighted by atomic mass is 79.9. The zero-order valence-electron chi connectivity index (χ0n) is 21.1. The number of amides is 2. The Morgan fingerprint density at radius 3 is 1.91 bits per heavy atom.